The normalized spacial score (nSPS) is 10.3. The Morgan fingerprint density at radius 3 is 2.32 bits per heavy atom. The maximum absolute atomic E-state index is 13.1. The number of benzene rings is 2. The first-order valence-corrected chi connectivity index (χ1v) is 6.19. The van der Waals surface area contributed by atoms with Crippen molar-refractivity contribution in [2.24, 2.45) is 0 Å². The Bertz CT molecular complexity index is 621. The maximum atomic E-state index is 13.1. The summed E-state index contributed by atoms with van der Waals surface area (Å²) in [4.78, 5) is 11.5. The molecule has 0 unspecified atom stereocenters. The summed E-state index contributed by atoms with van der Waals surface area (Å²) in [6.07, 6.45) is 0. The van der Waals surface area contributed by atoms with Gasteiger partial charge in [-0.05, 0) is 25.1 Å². The van der Waals surface area contributed by atoms with Crippen molar-refractivity contribution in [3.8, 4) is 11.5 Å². The quantitative estimate of drug-likeness (QED) is 0.763. The molecule has 0 aliphatic carbocycles. The molecule has 0 aliphatic rings. The zero-order chi connectivity index (χ0) is 14.0. The summed E-state index contributed by atoms with van der Waals surface area (Å²) in [5, 5.41) is 0. The standard InChI is InChI=1S/C14H9BrF2O2/c1-8(18)13-4-9(15)2-3-14(13)19-12-6-10(16)5-11(17)7-12/h2-7H,1H3. The number of rotatable bonds is 3. The van der Waals surface area contributed by atoms with Gasteiger partial charge in [0.15, 0.2) is 5.78 Å². The fourth-order valence-electron chi connectivity index (χ4n) is 1.58. The van der Waals surface area contributed by atoms with E-state index in [4.69, 9.17) is 4.74 Å². The van der Waals surface area contributed by atoms with E-state index >= 15 is 0 Å². The molecule has 0 radical (unpaired) electrons. The minimum atomic E-state index is -0.739. The summed E-state index contributed by atoms with van der Waals surface area (Å²) in [7, 11) is 0. The van der Waals surface area contributed by atoms with Crippen molar-refractivity contribution in [2.45, 2.75) is 6.92 Å². The van der Waals surface area contributed by atoms with Gasteiger partial charge in [-0.1, -0.05) is 15.9 Å². The number of carbonyl (C=O) groups is 1. The van der Waals surface area contributed by atoms with Gasteiger partial charge >= 0.3 is 0 Å². The molecule has 0 saturated carbocycles. The van der Waals surface area contributed by atoms with Crippen LogP contribution in [0.15, 0.2) is 40.9 Å². The Hall–Kier alpha value is -1.75. The Kier molecular flexibility index (Phi) is 3.95. The SMILES string of the molecule is CC(=O)c1cc(Br)ccc1Oc1cc(F)cc(F)c1. The van der Waals surface area contributed by atoms with E-state index in [0.717, 1.165) is 22.7 Å². The van der Waals surface area contributed by atoms with Gasteiger partial charge in [0.2, 0.25) is 0 Å². The van der Waals surface area contributed by atoms with Crippen LogP contribution >= 0.6 is 15.9 Å². The number of ether oxygens (including phenoxy) is 1. The van der Waals surface area contributed by atoms with E-state index in [-0.39, 0.29) is 17.3 Å². The summed E-state index contributed by atoms with van der Waals surface area (Å²) in [5.74, 6) is -1.43. The summed E-state index contributed by atoms with van der Waals surface area (Å²) in [6.45, 7) is 1.39. The van der Waals surface area contributed by atoms with Gasteiger partial charge in [0.25, 0.3) is 0 Å². The van der Waals surface area contributed by atoms with E-state index in [1.165, 1.54) is 6.92 Å². The zero-order valence-corrected chi connectivity index (χ0v) is 11.5. The fraction of sp³-hybridized carbons (Fsp3) is 0.0714. The molecule has 19 heavy (non-hydrogen) atoms. The van der Waals surface area contributed by atoms with Gasteiger partial charge in [0, 0.05) is 22.7 Å². The van der Waals surface area contributed by atoms with E-state index in [2.05, 4.69) is 15.9 Å². The molecule has 0 heterocycles. The fourth-order valence-corrected chi connectivity index (χ4v) is 1.94. The molecule has 5 heteroatoms. The van der Waals surface area contributed by atoms with Crippen molar-refractivity contribution in [2.75, 3.05) is 0 Å². The molecule has 0 amide bonds. The molecule has 2 aromatic carbocycles. The average molecular weight is 327 g/mol. The minimum absolute atomic E-state index is 0.00215. The lowest BCUT2D eigenvalue weighted by atomic mass is 10.1. The largest absolute Gasteiger partial charge is 0.456 e. The van der Waals surface area contributed by atoms with E-state index in [1.54, 1.807) is 18.2 Å². The molecule has 2 aromatic rings. The molecule has 2 rings (SSSR count). The Morgan fingerprint density at radius 1 is 1.11 bits per heavy atom. The number of ketones is 1. The highest BCUT2D eigenvalue weighted by Gasteiger charge is 2.11. The van der Waals surface area contributed by atoms with Crippen LogP contribution in [0.5, 0.6) is 11.5 Å². The molecule has 2 nitrogen and oxygen atoms in total. The van der Waals surface area contributed by atoms with Crippen molar-refractivity contribution in [3.05, 3.63) is 58.1 Å². The second-order valence-corrected chi connectivity index (χ2v) is 4.82. The van der Waals surface area contributed by atoms with Crippen LogP contribution in [0.1, 0.15) is 17.3 Å². The van der Waals surface area contributed by atoms with Crippen LogP contribution in [0.2, 0.25) is 0 Å². The highest BCUT2D eigenvalue weighted by molar-refractivity contribution is 9.10. The smallest absolute Gasteiger partial charge is 0.163 e. The molecule has 0 aliphatic heterocycles. The third-order valence-corrected chi connectivity index (χ3v) is 2.88. The first-order chi connectivity index (χ1) is 8.95. The van der Waals surface area contributed by atoms with Crippen molar-refractivity contribution in [1.82, 2.24) is 0 Å². The molecule has 0 N–H and O–H groups in total. The second-order valence-electron chi connectivity index (χ2n) is 3.90. The second kappa shape index (κ2) is 5.48. The van der Waals surface area contributed by atoms with Crippen LogP contribution in [0, 0.1) is 11.6 Å². The summed E-state index contributed by atoms with van der Waals surface area (Å²) >= 11 is 3.25. The summed E-state index contributed by atoms with van der Waals surface area (Å²) in [6, 6.07) is 7.68. The van der Waals surface area contributed by atoms with Gasteiger partial charge in [-0.15, -0.1) is 0 Å². The molecule has 0 bridgehead atoms. The number of hydrogen-bond donors (Lipinski definition) is 0. The lowest BCUT2D eigenvalue weighted by molar-refractivity contribution is 0.101. The molecular formula is C14H9BrF2O2. The lowest BCUT2D eigenvalue weighted by Gasteiger charge is -2.10. The molecule has 0 spiro atoms. The van der Waals surface area contributed by atoms with Crippen LogP contribution < -0.4 is 4.74 Å². The molecular weight excluding hydrogens is 318 g/mol. The van der Waals surface area contributed by atoms with Crippen LogP contribution in [-0.2, 0) is 0 Å². The van der Waals surface area contributed by atoms with Gasteiger partial charge in [-0.25, -0.2) is 8.78 Å². The molecule has 0 saturated heterocycles. The molecule has 98 valence electrons. The average Bonchev–Trinajstić information content (AvgIpc) is 2.30. The molecule has 0 fully saturated rings. The Morgan fingerprint density at radius 2 is 1.74 bits per heavy atom. The van der Waals surface area contributed by atoms with Gasteiger partial charge in [-0.2, -0.15) is 0 Å². The first kappa shape index (κ1) is 13.7. The monoisotopic (exact) mass is 326 g/mol. The van der Waals surface area contributed by atoms with Crippen molar-refractivity contribution in [3.63, 3.8) is 0 Å². The van der Waals surface area contributed by atoms with Crippen LogP contribution in [0.3, 0.4) is 0 Å². The maximum Gasteiger partial charge on any atom is 0.163 e. The Balaban J connectivity index is 2.40. The van der Waals surface area contributed by atoms with Crippen LogP contribution in [0.25, 0.3) is 0 Å². The van der Waals surface area contributed by atoms with Crippen LogP contribution in [0.4, 0.5) is 8.78 Å². The van der Waals surface area contributed by atoms with E-state index in [1.807, 2.05) is 0 Å². The number of carbonyl (C=O) groups excluding carboxylic acids is 1. The van der Waals surface area contributed by atoms with Crippen molar-refractivity contribution >= 4 is 21.7 Å². The summed E-state index contributed by atoms with van der Waals surface area (Å²) in [5.41, 5.74) is 0.332. The minimum Gasteiger partial charge on any atom is -0.456 e. The Labute approximate surface area is 117 Å². The van der Waals surface area contributed by atoms with Crippen molar-refractivity contribution in [1.29, 1.82) is 0 Å². The summed E-state index contributed by atoms with van der Waals surface area (Å²) < 4.78 is 32.2. The third kappa shape index (κ3) is 3.38. The molecule has 0 aromatic heterocycles. The van der Waals surface area contributed by atoms with Crippen molar-refractivity contribution < 1.29 is 18.3 Å². The predicted molar refractivity (Wildman–Crippen MR) is 70.6 cm³/mol. The molecule has 0 atom stereocenters. The predicted octanol–water partition coefficient (Wildman–Crippen LogP) is 4.72. The number of Topliss-reactive ketones (excluding diaryl/α,β-unsaturated/α-hetero) is 1. The zero-order valence-electron chi connectivity index (χ0n) is 9.91. The van der Waals surface area contributed by atoms with Gasteiger partial charge in [0.05, 0.1) is 5.56 Å². The van der Waals surface area contributed by atoms with E-state index in [0.29, 0.717) is 5.56 Å². The van der Waals surface area contributed by atoms with Gasteiger partial charge in [0.1, 0.15) is 23.1 Å². The first-order valence-electron chi connectivity index (χ1n) is 5.40. The van der Waals surface area contributed by atoms with E-state index in [9.17, 15) is 13.6 Å². The third-order valence-electron chi connectivity index (χ3n) is 2.38. The van der Waals surface area contributed by atoms with E-state index < -0.39 is 11.6 Å². The van der Waals surface area contributed by atoms with Crippen LogP contribution in [-0.4, -0.2) is 5.78 Å². The lowest BCUT2D eigenvalue weighted by Crippen LogP contribution is -1.97. The number of halogens is 3. The topological polar surface area (TPSA) is 26.3 Å². The van der Waals surface area contributed by atoms with Gasteiger partial charge in [-0.3, -0.25) is 4.79 Å². The van der Waals surface area contributed by atoms with Gasteiger partial charge < -0.3 is 4.74 Å². The highest BCUT2D eigenvalue weighted by Crippen LogP contribution is 2.29. The number of hydrogen-bond acceptors (Lipinski definition) is 2. The highest BCUT2D eigenvalue weighted by atomic mass is 79.9.